The van der Waals surface area contributed by atoms with Crippen molar-refractivity contribution in [1.82, 2.24) is 10.3 Å². The van der Waals surface area contributed by atoms with Crippen LogP contribution >= 0.6 is 23.1 Å². The minimum absolute atomic E-state index is 0.0545. The van der Waals surface area contributed by atoms with E-state index in [2.05, 4.69) is 10.3 Å². The van der Waals surface area contributed by atoms with E-state index in [9.17, 15) is 9.90 Å². The number of para-hydroxylation sites is 1. The summed E-state index contributed by atoms with van der Waals surface area (Å²) in [4.78, 5) is 16.4. The smallest absolute Gasteiger partial charge is 0.230 e. The number of aliphatic hydroxyl groups excluding tert-OH is 1. The first kappa shape index (κ1) is 15.3. The molecule has 0 aliphatic rings. The summed E-state index contributed by atoms with van der Waals surface area (Å²) < 4.78 is 2.02. The number of fused-ring (bicyclic) bond motifs is 1. The van der Waals surface area contributed by atoms with E-state index < -0.39 is 5.54 Å². The number of nitrogens with one attached hydrogen (secondary N) is 1. The van der Waals surface area contributed by atoms with E-state index >= 15 is 0 Å². The lowest BCUT2D eigenvalue weighted by atomic mass is 10.0. The van der Waals surface area contributed by atoms with Gasteiger partial charge < -0.3 is 10.4 Å². The van der Waals surface area contributed by atoms with Gasteiger partial charge in [-0.15, -0.1) is 11.3 Å². The van der Waals surface area contributed by atoms with Crippen LogP contribution in [0.25, 0.3) is 10.2 Å². The molecule has 2 N–H and O–H groups in total. The minimum Gasteiger partial charge on any atom is -0.394 e. The van der Waals surface area contributed by atoms with Crippen LogP contribution in [-0.2, 0) is 4.79 Å². The number of carbonyl (C=O) groups is 1. The lowest BCUT2D eigenvalue weighted by molar-refractivity contribution is -0.120. The van der Waals surface area contributed by atoms with Crippen LogP contribution in [-0.4, -0.2) is 33.9 Å². The molecule has 1 atom stereocenters. The van der Waals surface area contributed by atoms with Crippen LogP contribution in [0.2, 0.25) is 0 Å². The summed E-state index contributed by atoms with van der Waals surface area (Å²) in [5.41, 5.74) is 0.430. The Balaban J connectivity index is 1.93. The van der Waals surface area contributed by atoms with Crippen molar-refractivity contribution >= 4 is 39.2 Å². The van der Waals surface area contributed by atoms with Crippen LogP contribution < -0.4 is 5.32 Å². The Hall–Kier alpha value is -1.11. The Morgan fingerprint density at radius 3 is 2.90 bits per heavy atom. The van der Waals surface area contributed by atoms with E-state index in [1.807, 2.05) is 38.1 Å². The first-order valence-corrected chi connectivity index (χ1v) is 8.27. The van der Waals surface area contributed by atoms with E-state index in [0.717, 1.165) is 14.6 Å². The van der Waals surface area contributed by atoms with E-state index in [1.54, 1.807) is 11.3 Å². The summed E-state index contributed by atoms with van der Waals surface area (Å²) in [5, 5.41) is 12.1. The van der Waals surface area contributed by atoms with Gasteiger partial charge in [0.25, 0.3) is 0 Å². The normalized spacial score (nSPS) is 14.2. The number of hydrogen-bond donors (Lipinski definition) is 2. The highest BCUT2D eigenvalue weighted by atomic mass is 32.2. The van der Waals surface area contributed by atoms with Gasteiger partial charge in [-0.3, -0.25) is 4.79 Å². The van der Waals surface area contributed by atoms with Crippen molar-refractivity contribution < 1.29 is 9.90 Å². The number of nitrogens with zero attached hydrogens (tertiary/aromatic N) is 1. The molecule has 1 amide bonds. The van der Waals surface area contributed by atoms with Crippen molar-refractivity contribution in [3.05, 3.63) is 24.3 Å². The summed E-state index contributed by atoms with van der Waals surface area (Å²) in [6.45, 7) is 3.73. The maximum Gasteiger partial charge on any atom is 0.230 e. The zero-order valence-electron chi connectivity index (χ0n) is 11.5. The predicted molar refractivity (Wildman–Crippen MR) is 84.3 cm³/mol. The Kier molecular flexibility index (Phi) is 5.01. The van der Waals surface area contributed by atoms with Gasteiger partial charge >= 0.3 is 0 Å². The highest BCUT2D eigenvalue weighted by Gasteiger charge is 2.23. The number of thiazole rings is 1. The molecule has 6 heteroatoms. The monoisotopic (exact) mass is 310 g/mol. The molecule has 2 aromatic rings. The van der Waals surface area contributed by atoms with Crippen molar-refractivity contribution in [2.75, 3.05) is 12.4 Å². The number of amides is 1. The van der Waals surface area contributed by atoms with Gasteiger partial charge in [0, 0.05) is 0 Å². The first-order chi connectivity index (χ1) is 9.56. The van der Waals surface area contributed by atoms with E-state index in [0.29, 0.717) is 12.2 Å². The molecule has 0 radical (unpaired) electrons. The number of aromatic nitrogens is 1. The maximum absolute atomic E-state index is 11.9. The third-order valence-corrected chi connectivity index (χ3v) is 5.35. The molecule has 1 aromatic heterocycles. The van der Waals surface area contributed by atoms with Gasteiger partial charge in [0.15, 0.2) is 4.34 Å². The van der Waals surface area contributed by atoms with Gasteiger partial charge in [-0.05, 0) is 25.5 Å². The summed E-state index contributed by atoms with van der Waals surface area (Å²) in [6, 6.07) is 7.93. The second-order valence-electron chi connectivity index (χ2n) is 4.86. The Bertz CT molecular complexity index is 561. The molecule has 0 spiro atoms. The van der Waals surface area contributed by atoms with Gasteiger partial charge in [-0.1, -0.05) is 30.8 Å². The molecule has 1 aromatic carbocycles. The van der Waals surface area contributed by atoms with Gasteiger partial charge in [-0.2, -0.15) is 0 Å². The lowest BCUT2D eigenvalue weighted by Gasteiger charge is -2.26. The van der Waals surface area contributed by atoms with Crippen LogP contribution in [0.3, 0.4) is 0 Å². The molecular weight excluding hydrogens is 292 g/mol. The zero-order chi connectivity index (χ0) is 14.6. The molecule has 1 heterocycles. The largest absolute Gasteiger partial charge is 0.394 e. The van der Waals surface area contributed by atoms with E-state index in [-0.39, 0.29) is 12.5 Å². The second kappa shape index (κ2) is 6.56. The van der Waals surface area contributed by atoms with Crippen molar-refractivity contribution in [3.8, 4) is 0 Å². The molecule has 0 aliphatic carbocycles. The zero-order valence-corrected chi connectivity index (χ0v) is 13.2. The fraction of sp³-hybridized carbons (Fsp3) is 0.429. The van der Waals surface area contributed by atoms with Crippen LogP contribution in [0.4, 0.5) is 0 Å². The molecule has 0 aliphatic heterocycles. The van der Waals surface area contributed by atoms with E-state index in [4.69, 9.17) is 0 Å². The molecule has 108 valence electrons. The quantitative estimate of drug-likeness (QED) is 0.805. The second-order valence-corrected chi connectivity index (χ2v) is 7.11. The number of carbonyl (C=O) groups excluding carboxylic acids is 1. The predicted octanol–water partition coefficient (Wildman–Crippen LogP) is 2.67. The summed E-state index contributed by atoms with van der Waals surface area (Å²) >= 11 is 3.02. The summed E-state index contributed by atoms with van der Waals surface area (Å²) in [7, 11) is 0. The molecule has 2 rings (SSSR count). The highest BCUT2D eigenvalue weighted by molar-refractivity contribution is 8.01. The van der Waals surface area contributed by atoms with Crippen molar-refractivity contribution in [2.24, 2.45) is 0 Å². The van der Waals surface area contributed by atoms with Crippen LogP contribution in [0.15, 0.2) is 28.6 Å². The fourth-order valence-electron chi connectivity index (χ4n) is 1.65. The van der Waals surface area contributed by atoms with Crippen molar-refractivity contribution in [2.45, 2.75) is 30.1 Å². The molecular formula is C14H18N2O2S2. The van der Waals surface area contributed by atoms with Gasteiger partial charge in [0.1, 0.15) is 0 Å². The Labute approximate surface area is 126 Å². The maximum atomic E-state index is 11.9. The summed E-state index contributed by atoms with van der Waals surface area (Å²) in [5.74, 6) is 0.239. The van der Waals surface area contributed by atoms with Gasteiger partial charge in [0.2, 0.25) is 5.91 Å². The lowest BCUT2D eigenvalue weighted by Crippen LogP contribution is -2.49. The molecule has 1 unspecified atom stereocenters. The van der Waals surface area contributed by atoms with Crippen LogP contribution in [0.5, 0.6) is 0 Å². The molecule has 0 saturated carbocycles. The SMILES string of the molecule is CCC(C)(CO)NC(=O)CSc1nc2ccccc2s1. The highest BCUT2D eigenvalue weighted by Crippen LogP contribution is 2.29. The standard InChI is InChI=1S/C14H18N2O2S2/c1-3-14(2,9-17)16-12(18)8-19-13-15-10-6-4-5-7-11(10)20-13/h4-7,17H,3,8-9H2,1-2H3,(H,16,18). The first-order valence-electron chi connectivity index (χ1n) is 6.46. The molecule has 0 saturated heterocycles. The molecule has 0 bridgehead atoms. The van der Waals surface area contributed by atoms with Gasteiger partial charge in [0.05, 0.1) is 28.1 Å². The summed E-state index contributed by atoms with van der Waals surface area (Å²) in [6.07, 6.45) is 0.695. The minimum atomic E-state index is -0.536. The van der Waals surface area contributed by atoms with Gasteiger partial charge in [-0.25, -0.2) is 4.98 Å². The van der Waals surface area contributed by atoms with Crippen molar-refractivity contribution in [1.29, 1.82) is 0 Å². The Morgan fingerprint density at radius 2 is 2.25 bits per heavy atom. The Morgan fingerprint density at radius 1 is 1.50 bits per heavy atom. The fourth-order valence-corrected chi connectivity index (χ4v) is 3.52. The van der Waals surface area contributed by atoms with E-state index in [1.165, 1.54) is 11.8 Å². The average molecular weight is 310 g/mol. The average Bonchev–Trinajstić information content (AvgIpc) is 2.88. The molecule has 20 heavy (non-hydrogen) atoms. The number of rotatable bonds is 6. The topological polar surface area (TPSA) is 62.2 Å². The van der Waals surface area contributed by atoms with Crippen molar-refractivity contribution in [3.63, 3.8) is 0 Å². The molecule has 4 nitrogen and oxygen atoms in total. The number of hydrogen-bond acceptors (Lipinski definition) is 5. The van der Waals surface area contributed by atoms with Crippen LogP contribution in [0, 0.1) is 0 Å². The number of thioether (sulfide) groups is 1. The molecule has 0 fully saturated rings. The third-order valence-electron chi connectivity index (χ3n) is 3.17. The third kappa shape index (κ3) is 3.71. The van der Waals surface area contributed by atoms with Crippen LogP contribution in [0.1, 0.15) is 20.3 Å². The number of benzene rings is 1. The number of aliphatic hydroxyl groups is 1.